The topological polar surface area (TPSA) is 67.0 Å². The SMILES string of the molecule is Cc1cc(-c2c[nH]c(C3(NC(=O)COc4ccc(Cl)cc4)CCCCC3)c2)nc2ccccc12. The largest absolute Gasteiger partial charge is 0.484 e. The molecule has 2 N–H and O–H groups in total. The minimum atomic E-state index is -0.428. The van der Waals surface area contributed by atoms with Crippen LogP contribution in [0.5, 0.6) is 5.75 Å². The Kier molecular flexibility index (Phi) is 6.29. The molecule has 5 rings (SSSR count). The van der Waals surface area contributed by atoms with Crippen molar-refractivity contribution in [3.63, 3.8) is 0 Å². The number of pyridine rings is 1. The fraction of sp³-hybridized carbons (Fsp3) is 0.286. The van der Waals surface area contributed by atoms with Crippen LogP contribution in [-0.4, -0.2) is 22.5 Å². The van der Waals surface area contributed by atoms with E-state index in [0.717, 1.165) is 48.2 Å². The number of aromatic nitrogens is 2. The van der Waals surface area contributed by atoms with E-state index in [1.165, 1.54) is 17.4 Å². The van der Waals surface area contributed by atoms with Gasteiger partial charge in [-0.2, -0.15) is 0 Å². The number of carbonyl (C=O) groups excluding carboxylic acids is 1. The van der Waals surface area contributed by atoms with Crippen LogP contribution in [0, 0.1) is 6.92 Å². The lowest BCUT2D eigenvalue weighted by molar-refractivity contribution is -0.125. The lowest BCUT2D eigenvalue weighted by Crippen LogP contribution is -2.49. The van der Waals surface area contributed by atoms with Gasteiger partial charge in [0.25, 0.3) is 5.91 Å². The molecule has 0 bridgehead atoms. The molecule has 1 aliphatic rings. The van der Waals surface area contributed by atoms with Crippen molar-refractivity contribution in [2.75, 3.05) is 6.61 Å². The number of rotatable bonds is 6. The van der Waals surface area contributed by atoms with E-state index in [1.54, 1.807) is 24.3 Å². The van der Waals surface area contributed by atoms with Gasteiger partial charge < -0.3 is 15.0 Å². The van der Waals surface area contributed by atoms with Gasteiger partial charge in [0.2, 0.25) is 0 Å². The number of para-hydroxylation sites is 1. The summed E-state index contributed by atoms with van der Waals surface area (Å²) < 4.78 is 5.68. The summed E-state index contributed by atoms with van der Waals surface area (Å²) in [7, 11) is 0. The standard InChI is InChI=1S/C28H28ClN3O2/c1-19-15-25(31-24-8-4-3-7-23(19)24)20-16-26(30-17-20)28(13-5-2-6-14-28)32-27(33)18-34-22-11-9-21(29)10-12-22/h3-4,7-12,15-17,30H,2,5-6,13-14,18H2,1H3,(H,32,33). The van der Waals surface area contributed by atoms with Crippen LogP contribution in [0.2, 0.25) is 5.02 Å². The molecule has 1 amide bonds. The van der Waals surface area contributed by atoms with Gasteiger partial charge >= 0.3 is 0 Å². The number of nitrogens with one attached hydrogen (secondary N) is 2. The Labute approximate surface area is 204 Å². The first kappa shape index (κ1) is 22.5. The molecule has 0 saturated heterocycles. The fourth-order valence-corrected chi connectivity index (χ4v) is 5.04. The van der Waals surface area contributed by atoms with Gasteiger partial charge in [-0.25, -0.2) is 4.98 Å². The van der Waals surface area contributed by atoms with Gasteiger partial charge in [-0.3, -0.25) is 4.79 Å². The van der Waals surface area contributed by atoms with E-state index in [4.69, 9.17) is 21.3 Å². The third-order valence-electron chi connectivity index (χ3n) is 6.69. The van der Waals surface area contributed by atoms with Gasteiger partial charge in [-0.05, 0) is 67.8 Å². The van der Waals surface area contributed by atoms with E-state index in [0.29, 0.717) is 10.8 Å². The maximum Gasteiger partial charge on any atom is 0.258 e. The molecule has 2 heterocycles. The Hall–Kier alpha value is -3.31. The molecule has 0 radical (unpaired) electrons. The first-order chi connectivity index (χ1) is 16.5. The first-order valence-electron chi connectivity index (χ1n) is 11.8. The van der Waals surface area contributed by atoms with Crippen LogP contribution < -0.4 is 10.1 Å². The van der Waals surface area contributed by atoms with Crippen molar-refractivity contribution in [3.05, 3.63) is 83.1 Å². The van der Waals surface area contributed by atoms with Gasteiger partial charge in [0, 0.05) is 27.9 Å². The van der Waals surface area contributed by atoms with Crippen LogP contribution in [0.15, 0.2) is 66.9 Å². The molecule has 0 aliphatic heterocycles. The molecular formula is C28H28ClN3O2. The van der Waals surface area contributed by atoms with E-state index in [1.807, 2.05) is 24.4 Å². The predicted molar refractivity (Wildman–Crippen MR) is 136 cm³/mol. The number of H-pyrrole nitrogens is 1. The summed E-state index contributed by atoms with van der Waals surface area (Å²) in [5.41, 5.74) is 4.74. The highest BCUT2D eigenvalue weighted by Crippen LogP contribution is 2.38. The van der Waals surface area contributed by atoms with E-state index in [2.05, 4.69) is 35.4 Å². The molecule has 1 saturated carbocycles. The Bertz CT molecular complexity index is 1310. The molecule has 0 unspecified atom stereocenters. The number of halogens is 1. The van der Waals surface area contributed by atoms with Crippen molar-refractivity contribution in [3.8, 4) is 17.0 Å². The third kappa shape index (κ3) is 4.66. The molecule has 1 fully saturated rings. The quantitative estimate of drug-likeness (QED) is 0.334. The number of fused-ring (bicyclic) bond motifs is 1. The summed E-state index contributed by atoms with van der Waals surface area (Å²) in [5.74, 6) is 0.491. The Balaban J connectivity index is 1.37. The Morgan fingerprint density at radius 1 is 1.09 bits per heavy atom. The number of amides is 1. The van der Waals surface area contributed by atoms with Gasteiger partial charge in [-0.1, -0.05) is 49.1 Å². The van der Waals surface area contributed by atoms with Gasteiger partial charge in [0.15, 0.2) is 6.61 Å². The normalized spacial score (nSPS) is 15.2. The van der Waals surface area contributed by atoms with Gasteiger partial charge in [0.1, 0.15) is 5.75 Å². The summed E-state index contributed by atoms with van der Waals surface area (Å²) in [6.45, 7) is 2.08. The molecular weight excluding hydrogens is 446 g/mol. The summed E-state index contributed by atoms with van der Waals surface area (Å²) in [6.07, 6.45) is 7.10. The van der Waals surface area contributed by atoms with E-state index in [9.17, 15) is 4.79 Å². The highest BCUT2D eigenvalue weighted by Gasteiger charge is 2.37. The molecule has 0 spiro atoms. The van der Waals surface area contributed by atoms with Crippen molar-refractivity contribution in [2.24, 2.45) is 0 Å². The highest BCUT2D eigenvalue weighted by molar-refractivity contribution is 6.30. The molecule has 34 heavy (non-hydrogen) atoms. The monoisotopic (exact) mass is 473 g/mol. The summed E-state index contributed by atoms with van der Waals surface area (Å²) in [4.78, 5) is 21.2. The number of ether oxygens (including phenoxy) is 1. The van der Waals surface area contributed by atoms with E-state index >= 15 is 0 Å². The third-order valence-corrected chi connectivity index (χ3v) is 6.94. The van der Waals surface area contributed by atoms with Crippen molar-refractivity contribution < 1.29 is 9.53 Å². The predicted octanol–water partition coefficient (Wildman–Crippen LogP) is 6.55. The molecule has 2 aromatic carbocycles. The maximum atomic E-state index is 12.9. The lowest BCUT2D eigenvalue weighted by Gasteiger charge is -2.37. The average molecular weight is 474 g/mol. The van der Waals surface area contributed by atoms with Gasteiger partial charge in [0.05, 0.1) is 16.7 Å². The van der Waals surface area contributed by atoms with Crippen LogP contribution in [0.1, 0.15) is 43.4 Å². The van der Waals surface area contributed by atoms with Crippen LogP contribution in [0.4, 0.5) is 0 Å². The number of nitrogens with zero attached hydrogens (tertiary/aromatic N) is 1. The van der Waals surface area contributed by atoms with Crippen molar-refractivity contribution in [1.29, 1.82) is 0 Å². The molecule has 174 valence electrons. The lowest BCUT2D eigenvalue weighted by atomic mass is 9.79. The zero-order valence-electron chi connectivity index (χ0n) is 19.2. The number of aryl methyl sites for hydroxylation is 1. The van der Waals surface area contributed by atoms with Crippen molar-refractivity contribution >= 4 is 28.4 Å². The molecule has 2 aromatic heterocycles. The molecule has 6 heteroatoms. The van der Waals surface area contributed by atoms with Crippen LogP contribution in [0.3, 0.4) is 0 Å². The second kappa shape index (κ2) is 9.51. The molecule has 0 atom stereocenters. The minimum absolute atomic E-state index is 0.0393. The highest BCUT2D eigenvalue weighted by atomic mass is 35.5. The summed E-state index contributed by atoms with van der Waals surface area (Å²) in [6, 6.07) is 19.5. The fourth-order valence-electron chi connectivity index (χ4n) is 4.92. The molecule has 5 nitrogen and oxygen atoms in total. The number of benzene rings is 2. The van der Waals surface area contributed by atoms with E-state index < -0.39 is 5.54 Å². The van der Waals surface area contributed by atoms with Crippen LogP contribution >= 0.6 is 11.6 Å². The Morgan fingerprint density at radius 3 is 2.65 bits per heavy atom. The second-order valence-corrected chi connectivity index (χ2v) is 9.51. The van der Waals surface area contributed by atoms with Crippen molar-refractivity contribution in [1.82, 2.24) is 15.3 Å². The average Bonchev–Trinajstić information content (AvgIpc) is 3.36. The number of aromatic amines is 1. The second-order valence-electron chi connectivity index (χ2n) is 9.08. The maximum absolute atomic E-state index is 12.9. The first-order valence-corrected chi connectivity index (χ1v) is 12.2. The molecule has 4 aromatic rings. The van der Waals surface area contributed by atoms with Gasteiger partial charge in [-0.15, -0.1) is 0 Å². The number of hydrogen-bond donors (Lipinski definition) is 2. The number of hydrogen-bond acceptors (Lipinski definition) is 3. The van der Waals surface area contributed by atoms with E-state index in [-0.39, 0.29) is 12.5 Å². The minimum Gasteiger partial charge on any atom is -0.484 e. The zero-order valence-corrected chi connectivity index (χ0v) is 20.0. The smallest absolute Gasteiger partial charge is 0.258 e. The molecule has 1 aliphatic carbocycles. The summed E-state index contributed by atoms with van der Waals surface area (Å²) in [5, 5.41) is 5.10. The van der Waals surface area contributed by atoms with Crippen LogP contribution in [-0.2, 0) is 10.3 Å². The van der Waals surface area contributed by atoms with Crippen LogP contribution in [0.25, 0.3) is 22.2 Å². The Morgan fingerprint density at radius 2 is 1.85 bits per heavy atom. The zero-order chi connectivity index (χ0) is 23.5. The number of carbonyl (C=O) groups is 1. The van der Waals surface area contributed by atoms with Crippen molar-refractivity contribution in [2.45, 2.75) is 44.6 Å². The summed E-state index contributed by atoms with van der Waals surface area (Å²) >= 11 is 5.93.